The molecule has 0 saturated heterocycles. The number of hydrogen-bond donors (Lipinski definition) is 1. The summed E-state index contributed by atoms with van der Waals surface area (Å²) in [6.45, 7) is 9.91. The molecule has 94 valence electrons. The van der Waals surface area contributed by atoms with Crippen LogP contribution in [0, 0.1) is 0 Å². The number of hydrogen-bond acceptors (Lipinski definition) is 2. The van der Waals surface area contributed by atoms with E-state index < -0.39 is 5.60 Å². The summed E-state index contributed by atoms with van der Waals surface area (Å²) in [5, 5.41) is 9.58. The van der Waals surface area contributed by atoms with Crippen LogP contribution in [0.25, 0.3) is 0 Å². The molecule has 1 unspecified atom stereocenters. The standard InChI is InChI=1S/C14H26O2/c1-5-6-7-8-9-10-11-16-13(2)12-14(3,4)15/h5,9-10,13,15H,1,6-8,11-12H2,2-4H3. The Kier molecular flexibility index (Phi) is 8.22. The van der Waals surface area contributed by atoms with Gasteiger partial charge in [0, 0.05) is 6.42 Å². The van der Waals surface area contributed by atoms with E-state index >= 15 is 0 Å². The van der Waals surface area contributed by atoms with Gasteiger partial charge in [0.1, 0.15) is 0 Å². The highest BCUT2D eigenvalue weighted by Gasteiger charge is 2.16. The van der Waals surface area contributed by atoms with Gasteiger partial charge in [0.25, 0.3) is 0 Å². The molecule has 0 saturated carbocycles. The fraction of sp³-hybridized carbons (Fsp3) is 0.714. The van der Waals surface area contributed by atoms with Crippen molar-refractivity contribution in [2.24, 2.45) is 0 Å². The molecule has 2 nitrogen and oxygen atoms in total. The Morgan fingerprint density at radius 1 is 1.31 bits per heavy atom. The van der Waals surface area contributed by atoms with Crippen LogP contribution in [0.15, 0.2) is 24.8 Å². The largest absolute Gasteiger partial charge is 0.390 e. The Labute approximate surface area is 100 Å². The van der Waals surface area contributed by atoms with Crippen LogP contribution in [0.5, 0.6) is 0 Å². The van der Waals surface area contributed by atoms with Crippen LogP contribution in [0.3, 0.4) is 0 Å². The van der Waals surface area contributed by atoms with E-state index in [1.807, 2.05) is 19.1 Å². The lowest BCUT2D eigenvalue weighted by Gasteiger charge is -2.21. The Hall–Kier alpha value is -0.600. The van der Waals surface area contributed by atoms with Crippen molar-refractivity contribution in [2.75, 3.05) is 6.61 Å². The molecule has 1 N–H and O–H groups in total. The first-order valence-corrected chi connectivity index (χ1v) is 6.05. The van der Waals surface area contributed by atoms with Crippen molar-refractivity contribution in [1.82, 2.24) is 0 Å². The van der Waals surface area contributed by atoms with Gasteiger partial charge < -0.3 is 9.84 Å². The molecule has 0 aromatic rings. The fourth-order valence-electron chi connectivity index (χ4n) is 1.55. The molecule has 0 radical (unpaired) electrons. The topological polar surface area (TPSA) is 29.5 Å². The van der Waals surface area contributed by atoms with E-state index in [1.54, 1.807) is 13.8 Å². The Morgan fingerprint density at radius 2 is 2.00 bits per heavy atom. The van der Waals surface area contributed by atoms with E-state index in [0.29, 0.717) is 13.0 Å². The number of aliphatic hydroxyl groups is 1. The SMILES string of the molecule is C=CCCCC=CCOC(C)CC(C)(C)O. The second kappa shape index (κ2) is 8.54. The molecule has 0 aliphatic carbocycles. The smallest absolute Gasteiger partial charge is 0.0651 e. The third kappa shape index (κ3) is 11.5. The minimum Gasteiger partial charge on any atom is -0.390 e. The fourth-order valence-corrected chi connectivity index (χ4v) is 1.55. The van der Waals surface area contributed by atoms with Crippen molar-refractivity contribution < 1.29 is 9.84 Å². The summed E-state index contributed by atoms with van der Waals surface area (Å²) in [5.41, 5.74) is -0.646. The van der Waals surface area contributed by atoms with Gasteiger partial charge in [0.15, 0.2) is 0 Å². The van der Waals surface area contributed by atoms with Crippen molar-refractivity contribution >= 4 is 0 Å². The molecule has 0 rings (SSSR count). The summed E-state index contributed by atoms with van der Waals surface area (Å²) in [5.74, 6) is 0. The maximum absolute atomic E-state index is 9.58. The summed E-state index contributed by atoms with van der Waals surface area (Å²) in [6, 6.07) is 0. The first-order chi connectivity index (χ1) is 7.45. The van der Waals surface area contributed by atoms with Gasteiger partial charge in [0.2, 0.25) is 0 Å². The summed E-state index contributed by atoms with van der Waals surface area (Å²) < 4.78 is 5.56. The zero-order valence-electron chi connectivity index (χ0n) is 10.9. The Bertz CT molecular complexity index is 201. The molecule has 0 fully saturated rings. The van der Waals surface area contributed by atoms with Crippen molar-refractivity contribution in [3.63, 3.8) is 0 Å². The van der Waals surface area contributed by atoms with E-state index in [2.05, 4.69) is 12.7 Å². The lowest BCUT2D eigenvalue weighted by Crippen LogP contribution is -2.26. The van der Waals surface area contributed by atoms with Crippen LogP contribution >= 0.6 is 0 Å². The third-order valence-electron chi connectivity index (χ3n) is 2.21. The predicted molar refractivity (Wildman–Crippen MR) is 69.5 cm³/mol. The van der Waals surface area contributed by atoms with Crippen LogP contribution in [-0.2, 0) is 4.74 Å². The molecule has 0 amide bonds. The van der Waals surface area contributed by atoms with Gasteiger partial charge in [-0.05, 0) is 40.0 Å². The second-order valence-corrected chi connectivity index (χ2v) is 4.85. The zero-order chi connectivity index (χ0) is 12.4. The van der Waals surface area contributed by atoms with Gasteiger partial charge in [-0.25, -0.2) is 0 Å². The average Bonchev–Trinajstić information content (AvgIpc) is 2.13. The number of unbranched alkanes of at least 4 members (excludes halogenated alkanes) is 2. The first kappa shape index (κ1) is 15.4. The quantitative estimate of drug-likeness (QED) is 0.482. The zero-order valence-corrected chi connectivity index (χ0v) is 10.9. The summed E-state index contributed by atoms with van der Waals surface area (Å²) in [7, 11) is 0. The molecular weight excluding hydrogens is 200 g/mol. The third-order valence-corrected chi connectivity index (χ3v) is 2.21. The lowest BCUT2D eigenvalue weighted by atomic mass is 10.0. The number of ether oxygens (including phenoxy) is 1. The molecule has 1 atom stereocenters. The van der Waals surface area contributed by atoms with Crippen LogP contribution in [0.2, 0.25) is 0 Å². The number of allylic oxidation sites excluding steroid dienone is 2. The van der Waals surface area contributed by atoms with Crippen molar-refractivity contribution in [2.45, 2.75) is 58.2 Å². The molecule has 0 bridgehead atoms. The molecule has 2 heteroatoms. The molecule has 0 aromatic heterocycles. The Balaban J connectivity index is 3.46. The highest BCUT2D eigenvalue weighted by atomic mass is 16.5. The van der Waals surface area contributed by atoms with E-state index in [4.69, 9.17) is 4.74 Å². The molecule has 16 heavy (non-hydrogen) atoms. The van der Waals surface area contributed by atoms with Gasteiger partial charge in [-0.15, -0.1) is 6.58 Å². The maximum atomic E-state index is 9.58. The van der Waals surface area contributed by atoms with Crippen LogP contribution in [0.1, 0.15) is 46.5 Å². The van der Waals surface area contributed by atoms with E-state index in [-0.39, 0.29) is 6.10 Å². The van der Waals surface area contributed by atoms with Crippen LogP contribution in [-0.4, -0.2) is 23.4 Å². The minimum absolute atomic E-state index is 0.0952. The highest BCUT2D eigenvalue weighted by molar-refractivity contribution is 4.83. The summed E-state index contributed by atoms with van der Waals surface area (Å²) in [6.07, 6.45) is 10.2. The lowest BCUT2D eigenvalue weighted by molar-refractivity contribution is -0.00365. The molecule has 0 aromatic carbocycles. The van der Waals surface area contributed by atoms with Gasteiger partial charge in [0.05, 0.1) is 18.3 Å². The monoisotopic (exact) mass is 226 g/mol. The summed E-state index contributed by atoms with van der Waals surface area (Å²) in [4.78, 5) is 0. The predicted octanol–water partition coefficient (Wildman–Crippen LogP) is 3.47. The second-order valence-electron chi connectivity index (χ2n) is 4.85. The highest BCUT2D eigenvalue weighted by Crippen LogP contribution is 2.12. The van der Waals surface area contributed by atoms with E-state index in [1.165, 1.54) is 0 Å². The van der Waals surface area contributed by atoms with Crippen molar-refractivity contribution in [3.05, 3.63) is 24.8 Å². The molecular formula is C14H26O2. The summed E-state index contributed by atoms with van der Waals surface area (Å²) >= 11 is 0. The molecule has 0 aliphatic heterocycles. The van der Waals surface area contributed by atoms with Gasteiger partial charge in [-0.2, -0.15) is 0 Å². The van der Waals surface area contributed by atoms with Gasteiger partial charge in [-0.3, -0.25) is 0 Å². The number of rotatable bonds is 9. The van der Waals surface area contributed by atoms with E-state index in [9.17, 15) is 5.11 Å². The minimum atomic E-state index is -0.646. The van der Waals surface area contributed by atoms with Crippen LogP contribution in [0.4, 0.5) is 0 Å². The van der Waals surface area contributed by atoms with E-state index in [0.717, 1.165) is 19.3 Å². The van der Waals surface area contributed by atoms with Crippen molar-refractivity contribution in [3.8, 4) is 0 Å². The Morgan fingerprint density at radius 3 is 2.56 bits per heavy atom. The van der Waals surface area contributed by atoms with Crippen LogP contribution < -0.4 is 0 Å². The van der Waals surface area contributed by atoms with Crippen molar-refractivity contribution in [1.29, 1.82) is 0 Å². The van der Waals surface area contributed by atoms with Gasteiger partial charge in [-0.1, -0.05) is 18.2 Å². The normalized spacial score (nSPS) is 14.2. The molecule has 0 spiro atoms. The first-order valence-electron chi connectivity index (χ1n) is 6.05. The maximum Gasteiger partial charge on any atom is 0.0651 e. The van der Waals surface area contributed by atoms with Gasteiger partial charge >= 0.3 is 0 Å². The molecule has 0 heterocycles. The average molecular weight is 226 g/mol. The molecule has 0 aliphatic rings.